The maximum Gasteiger partial charge on any atom is 0.0608 e. The second-order valence-electron chi connectivity index (χ2n) is 6.11. The highest BCUT2D eigenvalue weighted by Gasteiger charge is 2.44. The first kappa shape index (κ1) is 12.2. The molecular formula is C14H23N3O. The zero-order chi connectivity index (χ0) is 12.6. The molecule has 1 spiro atoms. The number of nitrogens with zero attached hydrogens (tertiary/aromatic N) is 3. The summed E-state index contributed by atoms with van der Waals surface area (Å²) in [6, 6.07) is 0. The Labute approximate surface area is 109 Å². The van der Waals surface area contributed by atoms with E-state index in [1.54, 1.807) is 0 Å². The summed E-state index contributed by atoms with van der Waals surface area (Å²) in [5.74, 6) is 0. The molecule has 1 aliphatic carbocycles. The molecule has 0 radical (unpaired) electrons. The molecule has 0 bridgehead atoms. The number of hydrogen-bond donors (Lipinski definition) is 1. The lowest BCUT2D eigenvalue weighted by molar-refractivity contribution is -0.0120. The van der Waals surface area contributed by atoms with Crippen molar-refractivity contribution in [3.05, 3.63) is 18.0 Å². The standard InChI is InChI=1S/C14H23N3O/c1-16-9-12(8-15-16)10-17-7-3-6-14(11-17)5-2-4-13(14)18/h8-9,13,18H,2-7,10-11H2,1H3/t13-,14-/m1/s1. The Bertz CT molecular complexity index is 417. The third-order valence-electron chi connectivity index (χ3n) is 4.71. The highest BCUT2D eigenvalue weighted by atomic mass is 16.3. The van der Waals surface area contributed by atoms with Crippen molar-refractivity contribution in [1.29, 1.82) is 0 Å². The van der Waals surface area contributed by atoms with E-state index >= 15 is 0 Å². The first-order valence-electron chi connectivity index (χ1n) is 7.06. The summed E-state index contributed by atoms with van der Waals surface area (Å²) in [4.78, 5) is 2.50. The summed E-state index contributed by atoms with van der Waals surface area (Å²) >= 11 is 0. The fourth-order valence-corrected chi connectivity index (χ4v) is 3.80. The molecule has 3 rings (SSSR count). The van der Waals surface area contributed by atoms with E-state index < -0.39 is 0 Å². The first-order chi connectivity index (χ1) is 8.68. The van der Waals surface area contributed by atoms with Crippen LogP contribution in [0.5, 0.6) is 0 Å². The van der Waals surface area contributed by atoms with Gasteiger partial charge in [-0.25, -0.2) is 0 Å². The van der Waals surface area contributed by atoms with Gasteiger partial charge in [0.25, 0.3) is 0 Å². The minimum Gasteiger partial charge on any atom is -0.393 e. The largest absolute Gasteiger partial charge is 0.393 e. The number of hydrogen-bond acceptors (Lipinski definition) is 3. The number of aliphatic hydroxyl groups excluding tert-OH is 1. The van der Waals surface area contributed by atoms with E-state index in [-0.39, 0.29) is 11.5 Å². The molecule has 4 heteroatoms. The summed E-state index contributed by atoms with van der Waals surface area (Å²) in [7, 11) is 1.96. The van der Waals surface area contributed by atoms with Crippen LogP contribution in [0.3, 0.4) is 0 Å². The van der Waals surface area contributed by atoms with Gasteiger partial charge in [0.1, 0.15) is 0 Å². The molecule has 100 valence electrons. The van der Waals surface area contributed by atoms with Crippen LogP contribution >= 0.6 is 0 Å². The fourth-order valence-electron chi connectivity index (χ4n) is 3.80. The molecule has 2 atom stereocenters. The summed E-state index contributed by atoms with van der Waals surface area (Å²) in [6.45, 7) is 3.19. The van der Waals surface area contributed by atoms with Crippen molar-refractivity contribution in [3.8, 4) is 0 Å². The maximum atomic E-state index is 10.2. The van der Waals surface area contributed by atoms with Crippen LogP contribution in [0, 0.1) is 5.41 Å². The van der Waals surface area contributed by atoms with E-state index in [0.717, 1.165) is 26.1 Å². The number of piperidine rings is 1. The Kier molecular flexibility index (Phi) is 3.16. The Morgan fingerprint density at radius 2 is 2.28 bits per heavy atom. The molecule has 18 heavy (non-hydrogen) atoms. The molecule has 0 amide bonds. The molecule has 0 aromatic carbocycles. The van der Waals surface area contributed by atoms with Gasteiger partial charge in [0.05, 0.1) is 12.3 Å². The van der Waals surface area contributed by atoms with Crippen molar-refractivity contribution in [2.24, 2.45) is 12.5 Å². The minimum atomic E-state index is -0.0748. The van der Waals surface area contributed by atoms with Crippen molar-refractivity contribution in [3.63, 3.8) is 0 Å². The van der Waals surface area contributed by atoms with Crippen LogP contribution in [-0.2, 0) is 13.6 Å². The average molecular weight is 249 g/mol. The quantitative estimate of drug-likeness (QED) is 0.864. The van der Waals surface area contributed by atoms with E-state index in [1.165, 1.54) is 31.2 Å². The number of rotatable bonds is 2. The monoisotopic (exact) mass is 249 g/mol. The van der Waals surface area contributed by atoms with Crippen LogP contribution in [-0.4, -0.2) is 39.0 Å². The van der Waals surface area contributed by atoms with Gasteiger partial charge in [-0.05, 0) is 32.2 Å². The first-order valence-corrected chi connectivity index (χ1v) is 7.06. The molecule has 1 aromatic heterocycles. The highest BCUT2D eigenvalue weighted by Crippen LogP contribution is 2.45. The van der Waals surface area contributed by atoms with Gasteiger partial charge in [-0.2, -0.15) is 5.10 Å². The highest BCUT2D eigenvalue weighted by molar-refractivity contribution is 5.05. The normalized spacial score (nSPS) is 33.3. The van der Waals surface area contributed by atoms with Crippen LogP contribution in [0.25, 0.3) is 0 Å². The molecule has 1 N–H and O–H groups in total. The average Bonchev–Trinajstić information content (AvgIpc) is 2.88. The third kappa shape index (κ3) is 2.19. The van der Waals surface area contributed by atoms with Gasteiger partial charge in [0, 0.05) is 37.3 Å². The maximum absolute atomic E-state index is 10.2. The van der Waals surface area contributed by atoms with E-state index in [0.29, 0.717) is 0 Å². The van der Waals surface area contributed by atoms with Crippen LogP contribution in [0.2, 0.25) is 0 Å². The minimum absolute atomic E-state index is 0.0748. The Morgan fingerprint density at radius 1 is 1.44 bits per heavy atom. The topological polar surface area (TPSA) is 41.3 Å². The van der Waals surface area contributed by atoms with Gasteiger partial charge in [-0.15, -0.1) is 0 Å². The molecule has 4 nitrogen and oxygen atoms in total. The van der Waals surface area contributed by atoms with Gasteiger partial charge in [0.15, 0.2) is 0 Å². The lowest BCUT2D eigenvalue weighted by Gasteiger charge is -2.42. The van der Waals surface area contributed by atoms with Crippen LogP contribution in [0.15, 0.2) is 12.4 Å². The lowest BCUT2D eigenvalue weighted by atomic mass is 9.76. The van der Waals surface area contributed by atoms with Crippen molar-refractivity contribution >= 4 is 0 Å². The molecule has 2 fully saturated rings. The number of likely N-dealkylation sites (tertiary alicyclic amines) is 1. The molecular weight excluding hydrogens is 226 g/mol. The predicted octanol–water partition coefficient (Wildman–Crippen LogP) is 1.55. The smallest absolute Gasteiger partial charge is 0.0608 e. The molecule has 1 aromatic rings. The van der Waals surface area contributed by atoms with Crippen LogP contribution < -0.4 is 0 Å². The summed E-state index contributed by atoms with van der Waals surface area (Å²) in [5.41, 5.74) is 1.47. The predicted molar refractivity (Wildman–Crippen MR) is 70.0 cm³/mol. The number of aryl methyl sites for hydroxylation is 1. The van der Waals surface area contributed by atoms with Gasteiger partial charge >= 0.3 is 0 Å². The third-order valence-corrected chi connectivity index (χ3v) is 4.71. The summed E-state index contributed by atoms with van der Waals surface area (Å²) in [5, 5.41) is 14.5. The molecule has 1 saturated carbocycles. The van der Waals surface area contributed by atoms with Gasteiger partial charge in [-0.3, -0.25) is 9.58 Å². The Morgan fingerprint density at radius 3 is 2.94 bits per heavy atom. The van der Waals surface area contributed by atoms with Crippen LogP contribution in [0.4, 0.5) is 0 Å². The lowest BCUT2D eigenvalue weighted by Crippen LogP contribution is -2.46. The fraction of sp³-hybridized carbons (Fsp3) is 0.786. The number of aliphatic hydroxyl groups is 1. The van der Waals surface area contributed by atoms with Crippen molar-refractivity contribution in [2.75, 3.05) is 13.1 Å². The molecule has 2 aliphatic rings. The SMILES string of the molecule is Cn1cc(CN2CCC[C@]3(CCC[C@H]3O)C2)cn1. The van der Waals surface area contributed by atoms with Gasteiger partial charge < -0.3 is 5.11 Å². The molecule has 1 saturated heterocycles. The summed E-state index contributed by atoms with van der Waals surface area (Å²) < 4.78 is 1.86. The zero-order valence-corrected chi connectivity index (χ0v) is 11.2. The zero-order valence-electron chi connectivity index (χ0n) is 11.2. The Balaban J connectivity index is 1.67. The van der Waals surface area contributed by atoms with Crippen molar-refractivity contribution in [2.45, 2.75) is 44.8 Å². The molecule has 2 heterocycles. The van der Waals surface area contributed by atoms with E-state index in [1.807, 2.05) is 17.9 Å². The van der Waals surface area contributed by atoms with E-state index in [9.17, 15) is 5.11 Å². The van der Waals surface area contributed by atoms with Gasteiger partial charge in [-0.1, -0.05) is 6.42 Å². The second kappa shape index (κ2) is 4.67. The Hall–Kier alpha value is -0.870. The van der Waals surface area contributed by atoms with E-state index in [4.69, 9.17) is 0 Å². The second-order valence-corrected chi connectivity index (χ2v) is 6.11. The summed E-state index contributed by atoms with van der Waals surface area (Å²) in [6.07, 6.45) is 9.79. The van der Waals surface area contributed by atoms with E-state index in [2.05, 4.69) is 16.2 Å². The van der Waals surface area contributed by atoms with Crippen molar-refractivity contribution in [1.82, 2.24) is 14.7 Å². The number of aromatic nitrogens is 2. The van der Waals surface area contributed by atoms with Crippen molar-refractivity contribution < 1.29 is 5.11 Å². The van der Waals surface area contributed by atoms with Crippen LogP contribution in [0.1, 0.15) is 37.7 Å². The molecule has 1 aliphatic heterocycles. The van der Waals surface area contributed by atoms with Gasteiger partial charge in [0.2, 0.25) is 0 Å². The molecule has 0 unspecified atom stereocenters.